The lowest BCUT2D eigenvalue weighted by molar-refractivity contribution is -0.150. The highest BCUT2D eigenvalue weighted by atomic mass is 35.5. The molecular weight excluding hydrogens is 666 g/mol. The molecule has 1 aliphatic heterocycles. The Bertz CT molecular complexity index is 1870. The molecular formula is C32H36ClN5O7S2. The monoisotopic (exact) mass is 701 g/mol. The van der Waals surface area contributed by atoms with Gasteiger partial charge in [-0.2, -0.15) is 0 Å². The Morgan fingerprint density at radius 1 is 1.17 bits per heavy atom. The van der Waals surface area contributed by atoms with E-state index in [9.17, 15) is 27.9 Å². The lowest BCUT2D eigenvalue weighted by Gasteiger charge is -2.32. The van der Waals surface area contributed by atoms with E-state index in [4.69, 9.17) is 26.3 Å². The van der Waals surface area contributed by atoms with Gasteiger partial charge in [-0.25, -0.2) is 18.4 Å². The van der Waals surface area contributed by atoms with E-state index >= 15 is 0 Å². The summed E-state index contributed by atoms with van der Waals surface area (Å²) in [5.74, 6) is -2.52. The van der Waals surface area contributed by atoms with E-state index in [0.717, 1.165) is 0 Å². The molecule has 3 heterocycles. The van der Waals surface area contributed by atoms with Crippen molar-refractivity contribution < 1.29 is 32.6 Å². The number of carbonyl (C=O) groups excluding carboxylic acids is 3. The number of carbonyl (C=O) groups is 3. The zero-order valence-electron chi connectivity index (χ0n) is 26.1. The van der Waals surface area contributed by atoms with Crippen LogP contribution in [0, 0.1) is 11.3 Å². The number of ether oxygens (including phenoxy) is 1. The molecule has 0 bridgehead atoms. The van der Waals surface area contributed by atoms with E-state index in [-0.39, 0.29) is 25.3 Å². The molecule has 3 aliphatic rings. The van der Waals surface area contributed by atoms with E-state index in [1.165, 1.54) is 22.3 Å². The number of hydrogen-bond donors (Lipinski definition) is 3. The fourth-order valence-electron chi connectivity index (χ4n) is 5.75. The molecule has 3 amide bonds. The second-order valence-electron chi connectivity index (χ2n) is 13.4. The number of halogens is 1. The van der Waals surface area contributed by atoms with Crippen LogP contribution in [0.5, 0.6) is 5.88 Å². The molecule has 0 unspecified atom stereocenters. The summed E-state index contributed by atoms with van der Waals surface area (Å²) >= 11 is 7.53. The van der Waals surface area contributed by atoms with E-state index < -0.39 is 68.1 Å². The Morgan fingerprint density at radius 3 is 2.43 bits per heavy atom. The summed E-state index contributed by atoms with van der Waals surface area (Å²) in [6.45, 7) is 8.79. The number of thiophene rings is 1. The number of rotatable bonds is 10. The number of sulfonamides is 1. The predicted molar refractivity (Wildman–Crippen MR) is 177 cm³/mol. The minimum absolute atomic E-state index is 0.00437. The maximum absolute atomic E-state index is 14.0. The van der Waals surface area contributed by atoms with Gasteiger partial charge in [0, 0.05) is 12.3 Å². The maximum Gasteiger partial charge on any atom is 0.259 e. The van der Waals surface area contributed by atoms with Gasteiger partial charge in [-0.15, -0.1) is 17.9 Å². The molecule has 2 aliphatic carbocycles. The molecule has 2 aromatic heterocycles. The number of fused-ring (bicyclic) bond motifs is 1. The number of hydrogen-bond acceptors (Lipinski definition) is 10. The molecule has 2 saturated carbocycles. The fourth-order valence-corrected chi connectivity index (χ4v) is 8.14. The average molecular weight is 702 g/mol. The number of para-hydroxylation sites is 2. The first-order chi connectivity index (χ1) is 22.1. The van der Waals surface area contributed by atoms with E-state index in [2.05, 4.69) is 16.6 Å². The largest absolute Gasteiger partial charge is 0.471 e. The maximum atomic E-state index is 14.0. The molecule has 6 rings (SSSR count). The smallest absolute Gasteiger partial charge is 0.259 e. The van der Waals surface area contributed by atoms with Gasteiger partial charge in [0.05, 0.1) is 32.0 Å². The first kappa shape index (κ1) is 33.3. The van der Waals surface area contributed by atoms with Gasteiger partial charge in [-0.3, -0.25) is 19.1 Å². The normalized spacial score (nSPS) is 24.9. The third kappa shape index (κ3) is 6.60. The Hall–Kier alpha value is -3.59. The predicted octanol–water partition coefficient (Wildman–Crippen LogP) is 3.44. The van der Waals surface area contributed by atoms with Crippen LogP contribution >= 0.6 is 22.9 Å². The molecule has 5 atom stereocenters. The van der Waals surface area contributed by atoms with E-state index in [1.807, 2.05) is 18.2 Å². The van der Waals surface area contributed by atoms with Crippen molar-refractivity contribution in [2.75, 3.05) is 6.54 Å². The summed E-state index contributed by atoms with van der Waals surface area (Å²) in [7, 11) is -3.88. The van der Waals surface area contributed by atoms with E-state index in [1.54, 1.807) is 39.0 Å². The van der Waals surface area contributed by atoms with Crippen LogP contribution in [0.1, 0.15) is 46.5 Å². The Morgan fingerprint density at radius 2 is 1.85 bits per heavy atom. The van der Waals surface area contributed by atoms with Gasteiger partial charge in [0.25, 0.3) is 11.8 Å². The summed E-state index contributed by atoms with van der Waals surface area (Å²) in [6.07, 6.45) is 0.388. The van der Waals surface area contributed by atoms with Crippen molar-refractivity contribution in [2.45, 2.75) is 75.5 Å². The van der Waals surface area contributed by atoms with Crippen molar-refractivity contribution in [3.63, 3.8) is 0 Å². The minimum atomic E-state index is -3.88. The number of benzene rings is 1. The van der Waals surface area contributed by atoms with Crippen molar-refractivity contribution in [3.05, 3.63) is 53.4 Å². The van der Waals surface area contributed by atoms with Gasteiger partial charge in [0.15, 0.2) is 0 Å². The molecule has 250 valence electrons. The molecule has 47 heavy (non-hydrogen) atoms. The number of aliphatic hydroxyl groups excluding tert-OH is 1. The number of nitrogens with zero attached hydrogens (tertiary/aromatic N) is 3. The summed E-state index contributed by atoms with van der Waals surface area (Å²) < 4.78 is 34.2. The number of nitrogens with one attached hydrogen (secondary N) is 2. The first-order valence-corrected chi connectivity index (χ1v) is 18.1. The molecule has 15 heteroatoms. The zero-order chi connectivity index (χ0) is 33.9. The van der Waals surface area contributed by atoms with Gasteiger partial charge in [-0.1, -0.05) is 50.6 Å². The van der Waals surface area contributed by atoms with Crippen molar-refractivity contribution in [1.82, 2.24) is 24.9 Å². The molecule has 1 saturated heterocycles. The standard InChI is InChI=1S/C32H36ClN5O7S2/c1-5-17-15-32(17,30(42)37-47(43,44)19-10-11-19)36-27(40)22-14-18(16-38(22)29(41)26(39)31(2,3)4)45-28-25(23-12-13-24(33)46-23)34-20-8-6-7-9-21(20)35-28/h5-9,12-13,17-19,22,26,39H,1,10-11,14-16H2,2-4H3,(H,36,40)(H,37,42)/t17-,18-,22+,26-,32-/m1/s1. The van der Waals surface area contributed by atoms with Crippen LogP contribution in [0.4, 0.5) is 0 Å². The van der Waals surface area contributed by atoms with Crippen LogP contribution in [0.25, 0.3) is 21.6 Å². The van der Waals surface area contributed by atoms with Gasteiger partial charge in [-0.05, 0) is 48.9 Å². The Balaban J connectivity index is 1.29. The van der Waals surface area contributed by atoms with Crippen LogP contribution in [-0.4, -0.2) is 81.7 Å². The molecule has 3 N–H and O–H groups in total. The van der Waals surface area contributed by atoms with Crippen LogP contribution in [0.3, 0.4) is 0 Å². The zero-order valence-corrected chi connectivity index (χ0v) is 28.5. The summed E-state index contributed by atoms with van der Waals surface area (Å²) in [6, 6.07) is 9.68. The van der Waals surface area contributed by atoms with Crippen LogP contribution in [-0.2, 0) is 24.4 Å². The highest BCUT2D eigenvalue weighted by Gasteiger charge is 2.62. The number of amides is 3. The average Bonchev–Trinajstić information content (AvgIpc) is 3.91. The van der Waals surface area contributed by atoms with Crippen molar-refractivity contribution in [3.8, 4) is 16.5 Å². The van der Waals surface area contributed by atoms with Crippen LogP contribution in [0.15, 0.2) is 49.1 Å². The van der Waals surface area contributed by atoms with Crippen molar-refractivity contribution in [2.24, 2.45) is 11.3 Å². The second kappa shape index (κ2) is 12.1. The SMILES string of the molecule is C=C[C@@H]1C[C@]1(NC(=O)[C@@H]1C[C@@H](Oc2nc3ccccc3nc2-c2ccc(Cl)s2)CN1C(=O)[C@@H](O)C(C)(C)C)C(=O)NS(=O)(=O)C1CC1. The third-order valence-electron chi connectivity index (χ3n) is 8.77. The summed E-state index contributed by atoms with van der Waals surface area (Å²) in [5.41, 5.74) is -0.709. The van der Waals surface area contributed by atoms with Crippen molar-refractivity contribution >= 4 is 61.7 Å². The van der Waals surface area contributed by atoms with Gasteiger partial charge in [0.1, 0.15) is 29.5 Å². The lowest BCUT2D eigenvalue weighted by Crippen LogP contribution is -2.57. The second-order valence-corrected chi connectivity index (χ2v) is 17.1. The minimum Gasteiger partial charge on any atom is -0.471 e. The highest BCUT2D eigenvalue weighted by Crippen LogP contribution is 2.46. The Labute approximate surface area is 281 Å². The summed E-state index contributed by atoms with van der Waals surface area (Å²) in [5, 5.41) is 13.1. The molecule has 0 radical (unpaired) electrons. The highest BCUT2D eigenvalue weighted by molar-refractivity contribution is 7.91. The number of aromatic nitrogens is 2. The third-order valence-corrected chi connectivity index (χ3v) is 11.8. The molecule has 3 aromatic rings. The molecule has 3 fully saturated rings. The molecule has 1 aromatic carbocycles. The van der Waals surface area contributed by atoms with Crippen LogP contribution < -0.4 is 14.8 Å². The van der Waals surface area contributed by atoms with Gasteiger partial charge in [0.2, 0.25) is 21.8 Å². The molecule has 0 spiro atoms. The summed E-state index contributed by atoms with van der Waals surface area (Å²) in [4.78, 5) is 52.4. The van der Waals surface area contributed by atoms with Crippen molar-refractivity contribution in [1.29, 1.82) is 0 Å². The van der Waals surface area contributed by atoms with Gasteiger partial charge < -0.3 is 20.1 Å². The number of likely N-dealkylation sites (tertiary alicyclic amines) is 1. The van der Waals surface area contributed by atoms with Crippen LogP contribution in [0.2, 0.25) is 4.34 Å². The molecule has 12 nitrogen and oxygen atoms in total. The first-order valence-electron chi connectivity index (χ1n) is 15.3. The van der Waals surface area contributed by atoms with E-state index in [0.29, 0.717) is 38.8 Å². The topological polar surface area (TPSA) is 168 Å². The fraction of sp³-hybridized carbons (Fsp3) is 0.469. The number of aliphatic hydroxyl groups is 1. The van der Waals surface area contributed by atoms with Gasteiger partial charge >= 0.3 is 0 Å². The Kier molecular flexibility index (Phi) is 8.60. The quantitative estimate of drug-likeness (QED) is 0.268. The lowest BCUT2D eigenvalue weighted by atomic mass is 9.88.